The van der Waals surface area contributed by atoms with E-state index in [1.807, 2.05) is 0 Å². The minimum absolute atomic E-state index is 0.0103. The van der Waals surface area contributed by atoms with E-state index in [0.29, 0.717) is 11.3 Å². The summed E-state index contributed by atoms with van der Waals surface area (Å²) in [5, 5.41) is 0. The molecule has 0 aliphatic rings. The lowest BCUT2D eigenvalue weighted by Crippen LogP contribution is -2.50. The number of sulfonamides is 1. The molecule has 0 spiro atoms. The fourth-order valence-electron chi connectivity index (χ4n) is 2.71. The van der Waals surface area contributed by atoms with E-state index in [0.717, 1.165) is 0 Å². The molecular formula is C21H29N3O5S. The van der Waals surface area contributed by atoms with Gasteiger partial charge >= 0.3 is 0 Å². The normalized spacial score (nSPS) is 13.1. The lowest BCUT2D eigenvalue weighted by Gasteiger charge is -2.30. The second-order valence-electron chi connectivity index (χ2n) is 7.69. The van der Waals surface area contributed by atoms with E-state index in [-0.39, 0.29) is 17.9 Å². The van der Waals surface area contributed by atoms with Crippen LogP contribution in [0.15, 0.2) is 53.7 Å². The van der Waals surface area contributed by atoms with Gasteiger partial charge in [-0.3, -0.25) is 14.6 Å². The number of hydrogen-bond donors (Lipinski definition) is 1. The largest absolute Gasteiger partial charge is 0.497 e. The van der Waals surface area contributed by atoms with Crippen molar-refractivity contribution in [3.8, 4) is 5.75 Å². The Labute approximate surface area is 178 Å². The SMILES string of the molecule is CC[C@@H](C(=O)NOC(C)(C)C)N(Cc1cccnc1)S(=O)(=O)c1ccc(OC)cc1. The molecule has 30 heavy (non-hydrogen) atoms. The smallest absolute Gasteiger partial charge is 0.262 e. The number of pyridine rings is 1. The van der Waals surface area contributed by atoms with Gasteiger partial charge in [0.1, 0.15) is 11.8 Å². The molecule has 0 aliphatic heterocycles. The second-order valence-corrected chi connectivity index (χ2v) is 9.58. The van der Waals surface area contributed by atoms with Crippen LogP contribution in [0.1, 0.15) is 39.7 Å². The maximum atomic E-state index is 13.5. The number of methoxy groups -OCH3 is 1. The highest BCUT2D eigenvalue weighted by Crippen LogP contribution is 2.24. The van der Waals surface area contributed by atoms with Crippen LogP contribution in [0.3, 0.4) is 0 Å². The van der Waals surface area contributed by atoms with Gasteiger partial charge in [0.05, 0.1) is 17.6 Å². The van der Waals surface area contributed by atoms with Crippen molar-refractivity contribution >= 4 is 15.9 Å². The summed E-state index contributed by atoms with van der Waals surface area (Å²) < 4.78 is 33.3. The Kier molecular flexibility index (Phi) is 7.94. The van der Waals surface area contributed by atoms with Crippen LogP contribution in [0.5, 0.6) is 5.75 Å². The Hall–Kier alpha value is -2.49. The van der Waals surface area contributed by atoms with Crippen LogP contribution in [0.4, 0.5) is 0 Å². The number of carbonyl (C=O) groups is 1. The molecule has 1 atom stereocenters. The Morgan fingerprint density at radius 3 is 2.37 bits per heavy atom. The Morgan fingerprint density at radius 1 is 1.20 bits per heavy atom. The van der Waals surface area contributed by atoms with Gasteiger partial charge in [-0.2, -0.15) is 4.31 Å². The van der Waals surface area contributed by atoms with Crippen LogP contribution < -0.4 is 10.2 Å². The molecule has 1 heterocycles. The van der Waals surface area contributed by atoms with E-state index < -0.39 is 27.6 Å². The predicted octanol–water partition coefficient (Wildman–Crippen LogP) is 2.91. The number of amides is 1. The first-order chi connectivity index (χ1) is 14.1. The molecule has 1 amide bonds. The summed E-state index contributed by atoms with van der Waals surface area (Å²) in [6, 6.07) is 8.57. The van der Waals surface area contributed by atoms with Crippen LogP contribution in [-0.2, 0) is 26.2 Å². The van der Waals surface area contributed by atoms with E-state index in [1.165, 1.54) is 23.5 Å². The zero-order valence-corrected chi connectivity index (χ0v) is 18.8. The number of ether oxygens (including phenoxy) is 1. The van der Waals surface area contributed by atoms with Gasteiger partial charge in [-0.15, -0.1) is 0 Å². The molecule has 0 fully saturated rings. The highest BCUT2D eigenvalue weighted by molar-refractivity contribution is 7.89. The summed E-state index contributed by atoms with van der Waals surface area (Å²) in [7, 11) is -2.50. The Bertz CT molecular complexity index is 925. The van der Waals surface area contributed by atoms with Crippen molar-refractivity contribution in [1.82, 2.24) is 14.8 Å². The van der Waals surface area contributed by atoms with Crippen molar-refractivity contribution < 1.29 is 22.8 Å². The van der Waals surface area contributed by atoms with Crippen molar-refractivity contribution in [3.63, 3.8) is 0 Å². The maximum Gasteiger partial charge on any atom is 0.262 e. The summed E-state index contributed by atoms with van der Waals surface area (Å²) in [4.78, 5) is 22.3. The van der Waals surface area contributed by atoms with E-state index in [2.05, 4.69) is 10.5 Å². The van der Waals surface area contributed by atoms with Gasteiger partial charge in [-0.25, -0.2) is 13.9 Å². The summed E-state index contributed by atoms with van der Waals surface area (Å²) >= 11 is 0. The first kappa shape index (κ1) is 23.8. The predicted molar refractivity (Wildman–Crippen MR) is 113 cm³/mol. The Balaban J connectivity index is 2.42. The third-order valence-corrected chi connectivity index (χ3v) is 6.09. The molecule has 1 N–H and O–H groups in total. The van der Waals surface area contributed by atoms with Crippen molar-refractivity contribution in [3.05, 3.63) is 54.4 Å². The monoisotopic (exact) mass is 435 g/mol. The van der Waals surface area contributed by atoms with Crippen LogP contribution in [0.2, 0.25) is 0 Å². The van der Waals surface area contributed by atoms with Gasteiger partial charge in [-0.05, 0) is 63.1 Å². The maximum absolute atomic E-state index is 13.5. The summed E-state index contributed by atoms with van der Waals surface area (Å²) in [5.74, 6) is 0.00419. The number of nitrogens with one attached hydrogen (secondary N) is 1. The van der Waals surface area contributed by atoms with Gasteiger partial charge in [0.2, 0.25) is 10.0 Å². The molecule has 8 nitrogen and oxygen atoms in total. The van der Waals surface area contributed by atoms with Gasteiger partial charge in [-0.1, -0.05) is 13.0 Å². The third kappa shape index (κ3) is 6.25. The number of aromatic nitrogens is 1. The van der Waals surface area contributed by atoms with Crippen molar-refractivity contribution in [1.29, 1.82) is 0 Å². The standard InChI is InChI=1S/C21H29N3O5S/c1-6-19(20(25)23-29-21(2,3)4)24(15-16-8-7-13-22-14-16)30(26,27)18-11-9-17(28-5)10-12-18/h7-14,19H,6,15H2,1-5H3,(H,23,25)/t19-/m0/s1. The first-order valence-electron chi connectivity index (χ1n) is 9.61. The molecule has 0 saturated carbocycles. The van der Waals surface area contributed by atoms with Crippen molar-refractivity contribution in [2.24, 2.45) is 0 Å². The van der Waals surface area contributed by atoms with E-state index >= 15 is 0 Å². The molecule has 0 aliphatic carbocycles. The average molecular weight is 436 g/mol. The summed E-state index contributed by atoms with van der Waals surface area (Å²) in [5.41, 5.74) is 2.45. The van der Waals surface area contributed by atoms with Crippen molar-refractivity contribution in [2.75, 3.05) is 7.11 Å². The van der Waals surface area contributed by atoms with Crippen LogP contribution in [-0.4, -0.2) is 42.4 Å². The summed E-state index contributed by atoms with van der Waals surface area (Å²) in [6.45, 7) is 7.10. The first-order valence-corrected chi connectivity index (χ1v) is 11.0. The minimum Gasteiger partial charge on any atom is -0.497 e. The van der Waals surface area contributed by atoms with E-state index in [1.54, 1.807) is 64.4 Å². The molecular weight excluding hydrogens is 406 g/mol. The average Bonchev–Trinajstić information content (AvgIpc) is 2.72. The highest BCUT2D eigenvalue weighted by atomic mass is 32.2. The Morgan fingerprint density at radius 2 is 1.87 bits per heavy atom. The highest BCUT2D eigenvalue weighted by Gasteiger charge is 2.35. The van der Waals surface area contributed by atoms with Crippen LogP contribution in [0, 0.1) is 0 Å². The van der Waals surface area contributed by atoms with Gasteiger partial charge < -0.3 is 4.74 Å². The van der Waals surface area contributed by atoms with Crippen LogP contribution >= 0.6 is 0 Å². The van der Waals surface area contributed by atoms with E-state index in [4.69, 9.17) is 9.57 Å². The zero-order chi connectivity index (χ0) is 22.4. The fraction of sp³-hybridized carbons (Fsp3) is 0.429. The molecule has 1 aromatic carbocycles. The molecule has 2 rings (SSSR count). The van der Waals surface area contributed by atoms with Gasteiger partial charge in [0, 0.05) is 18.9 Å². The third-order valence-electron chi connectivity index (χ3n) is 4.22. The number of benzene rings is 1. The number of hydroxylamine groups is 1. The molecule has 0 saturated heterocycles. The molecule has 1 aromatic heterocycles. The topological polar surface area (TPSA) is 97.8 Å². The molecule has 0 bridgehead atoms. The van der Waals surface area contributed by atoms with Gasteiger partial charge in [0.15, 0.2) is 0 Å². The molecule has 0 unspecified atom stereocenters. The summed E-state index contributed by atoms with van der Waals surface area (Å²) in [6.07, 6.45) is 3.44. The molecule has 0 radical (unpaired) electrons. The molecule has 9 heteroatoms. The number of nitrogens with zero attached hydrogens (tertiary/aromatic N) is 2. The number of hydrogen-bond acceptors (Lipinski definition) is 6. The number of rotatable bonds is 9. The second kappa shape index (κ2) is 10.0. The lowest BCUT2D eigenvalue weighted by molar-refractivity contribution is -0.149. The fourth-order valence-corrected chi connectivity index (χ4v) is 4.36. The lowest BCUT2D eigenvalue weighted by atomic mass is 10.2. The molecule has 164 valence electrons. The molecule has 2 aromatic rings. The number of carbonyl (C=O) groups excluding carboxylic acids is 1. The minimum atomic E-state index is -4.00. The van der Waals surface area contributed by atoms with E-state index in [9.17, 15) is 13.2 Å². The van der Waals surface area contributed by atoms with Gasteiger partial charge in [0.25, 0.3) is 5.91 Å². The quantitative estimate of drug-likeness (QED) is 0.608. The van der Waals surface area contributed by atoms with Crippen molar-refractivity contribution in [2.45, 2.75) is 57.2 Å². The zero-order valence-electron chi connectivity index (χ0n) is 18.0. The van der Waals surface area contributed by atoms with Crippen LogP contribution in [0.25, 0.3) is 0 Å².